The molecule has 1 saturated heterocycles. The predicted molar refractivity (Wildman–Crippen MR) is 93.7 cm³/mol. The Morgan fingerprint density at radius 1 is 1.25 bits per heavy atom. The zero-order valence-electron chi connectivity index (χ0n) is 16.0. The van der Waals surface area contributed by atoms with E-state index in [0.29, 0.717) is 12.3 Å². The van der Waals surface area contributed by atoms with Gasteiger partial charge in [-0.2, -0.15) is 0 Å². The number of carbonyl (C=O) groups excluding carboxylic acids is 1. The number of aliphatic hydroxyl groups is 1. The largest absolute Gasteiger partial charge is 0.444 e. The summed E-state index contributed by atoms with van der Waals surface area (Å²) in [6, 6.07) is -0.0231. The standard InChI is InChI=1S/C19H35NO4/c1-18(2,3)24-17(22)20-15(13-14-9-7-6-8-10-14)16(11-12-21)23-19(20,4)5/h14-16,21H,6-13H2,1-5H3. The number of rotatable bonds is 4. The topological polar surface area (TPSA) is 59.0 Å². The molecule has 2 fully saturated rings. The van der Waals surface area contributed by atoms with E-state index in [4.69, 9.17) is 9.47 Å². The molecule has 1 aliphatic heterocycles. The van der Waals surface area contributed by atoms with Gasteiger partial charge in [-0.25, -0.2) is 4.79 Å². The molecule has 5 heteroatoms. The van der Waals surface area contributed by atoms with E-state index in [1.807, 2.05) is 34.6 Å². The van der Waals surface area contributed by atoms with E-state index in [1.54, 1.807) is 4.90 Å². The monoisotopic (exact) mass is 341 g/mol. The highest BCUT2D eigenvalue weighted by atomic mass is 16.6. The molecule has 0 radical (unpaired) electrons. The number of nitrogens with zero attached hydrogens (tertiary/aromatic N) is 1. The van der Waals surface area contributed by atoms with Crippen LogP contribution in [0, 0.1) is 5.92 Å². The first-order chi connectivity index (χ1) is 11.1. The van der Waals surface area contributed by atoms with Crippen LogP contribution in [0.25, 0.3) is 0 Å². The highest BCUT2D eigenvalue weighted by Gasteiger charge is 2.51. The van der Waals surface area contributed by atoms with Crippen LogP contribution in [0.4, 0.5) is 4.79 Å². The van der Waals surface area contributed by atoms with Gasteiger partial charge in [0.1, 0.15) is 11.3 Å². The summed E-state index contributed by atoms with van der Waals surface area (Å²) >= 11 is 0. The number of ether oxygens (including phenoxy) is 2. The van der Waals surface area contributed by atoms with Gasteiger partial charge in [0.15, 0.2) is 0 Å². The summed E-state index contributed by atoms with van der Waals surface area (Å²) in [4.78, 5) is 14.6. The maximum atomic E-state index is 12.8. The minimum Gasteiger partial charge on any atom is -0.444 e. The first kappa shape index (κ1) is 19.5. The van der Waals surface area contributed by atoms with Gasteiger partial charge in [-0.3, -0.25) is 4.90 Å². The van der Waals surface area contributed by atoms with Crippen LogP contribution in [0.5, 0.6) is 0 Å². The van der Waals surface area contributed by atoms with Gasteiger partial charge in [0.25, 0.3) is 0 Å². The molecule has 24 heavy (non-hydrogen) atoms. The molecule has 0 bridgehead atoms. The molecule has 0 aromatic heterocycles. The molecular weight excluding hydrogens is 306 g/mol. The lowest BCUT2D eigenvalue weighted by Gasteiger charge is -2.36. The SMILES string of the molecule is CC(C)(C)OC(=O)N1C(CC2CCCCC2)C(CCO)OC1(C)C. The van der Waals surface area contributed by atoms with Crippen LogP contribution in [0.3, 0.4) is 0 Å². The van der Waals surface area contributed by atoms with Crippen LogP contribution in [-0.2, 0) is 9.47 Å². The average molecular weight is 341 g/mol. The van der Waals surface area contributed by atoms with Crippen molar-refractivity contribution in [2.75, 3.05) is 6.61 Å². The fourth-order valence-electron chi connectivity index (χ4n) is 4.14. The van der Waals surface area contributed by atoms with Crippen LogP contribution in [0.1, 0.15) is 79.6 Å². The quantitative estimate of drug-likeness (QED) is 0.837. The molecule has 0 aromatic carbocycles. The predicted octanol–water partition coefficient (Wildman–Crippen LogP) is 4.08. The van der Waals surface area contributed by atoms with Crippen LogP contribution in [0.15, 0.2) is 0 Å². The molecule has 1 heterocycles. The van der Waals surface area contributed by atoms with E-state index in [2.05, 4.69) is 0 Å². The maximum absolute atomic E-state index is 12.8. The molecule has 2 unspecified atom stereocenters. The summed E-state index contributed by atoms with van der Waals surface area (Å²) in [5, 5.41) is 9.42. The minimum absolute atomic E-state index is 0.0231. The first-order valence-electron chi connectivity index (χ1n) is 9.45. The molecule has 1 saturated carbocycles. The van der Waals surface area contributed by atoms with Gasteiger partial charge in [0, 0.05) is 6.61 Å². The van der Waals surface area contributed by atoms with E-state index in [-0.39, 0.29) is 24.8 Å². The number of hydrogen-bond acceptors (Lipinski definition) is 4. The van der Waals surface area contributed by atoms with Crippen molar-refractivity contribution in [2.45, 2.75) is 103 Å². The zero-order chi connectivity index (χ0) is 18.0. The van der Waals surface area contributed by atoms with Crippen molar-refractivity contribution >= 4 is 6.09 Å². The highest BCUT2D eigenvalue weighted by molar-refractivity contribution is 5.70. The Kier molecular flexibility index (Phi) is 6.19. The summed E-state index contributed by atoms with van der Waals surface area (Å²) in [5.41, 5.74) is -1.24. The first-order valence-corrected chi connectivity index (χ1v) is 9.45. The van der Waals surface area contributed by atoms with Gasteiger partial charge in [-0.05, 0) is 53.4 Å². The fraction of sp³-hybridized carbons (Fsp3) is 0.947. The molecule has 140 valence electrons. The Hall–Kier alpha value is -0.810. The normalized spacial score (nSPS) is 28.2. The van der Waals surface area contributed by atoms with E-state index in [1.165, 1.54) is 32.1 Å². The lowest BCUT2D eigenvalue weighted by Crippen LogP contribution is -2.50. The molecule has 2 rings (SSSR count). The van der Waals surface area contributed by atoms with Gasteiger partial charge < -0.3 is 14.6 Å². The molecule has 5 nitrogen and oxygen atoms in total. The minimum atomic E-state index is -0.707. The maximum Gasteiger partial charge on any atom is 0.412 e. The third-order valence-electron chi connectivity index (χ3n) is 5.08. The van der Waals surface area contributed by atoms with Crippen molar-refractivity contribution in [1.29, 1.82) is 0 Å². The third kappa shape index (κ3) is 4.85. The lowest BCUT2D eigenvalue weighted by molar-refractivity contribution is -0.0815. The van der Waals surface area contributed by atoms with Crippen molar-refractivity contribution in [1.82, 2.24) is 4.90 Å². The Bertz CT molecular complexity index is 424. The molecule has 1 N–H and O–H groups in total. The highest BCUT2D eigenvalue weighted by Crippen LogP contribution is 2.40. The average Bonchev–Trinajstić information content (AvgIpc) is 2.69. The van der Waals surface area contributed by atoms with Gasteiger partial charge in [0.2, 0.25) is 0 Å². The summed E-state index contributed by atoms with van der Waals surface area (Å²) < 4.78 is 11.8. The van der Waals surface area contributed by atoms with Crippen molar-refractivity contribution in [3.05, 3.63) is 0 Å². The molecule has 0 aromatic rings. The van der Waals surface area contributed by atoms with E-state index in [9.17, 15) is 9.90 Å². The number of aliphatic hydroxyl groups excluding tert-OH is 1. The zero-order valence-corrected chi connectivity index (χ0v) is 16.0. The second-order valence-electron chi connectivity index (χ2n) is 8.77. The second kappa shape index (κ2) is 7.61. The van der Waals surface area contributed by atoms with Gasteiger partial charge in [-0.15, -0.1) is 0 Å². The summed E-state index contributed by atoms with van der Waals surface area (Å²) in [6.45, 7) is 9.57. The number of amides is 1. The Morgan fingerprint density at radius 3 is 2.42 bits per heavy atom. The Labute approximate surface area is 146 Å². The molecule has 2 aliphatic rings. The molecule has 1 amide bonds. The van der Waals surface area contributed by atoms with Gasteiger partial charge in [-0.1, -0.05) is 32.1 Å². The van der Waals surface area contributed by atoms with Gasteiger partial charge >= 0.3 is 6.09 Å². The van der Waals surface area contributed by atoms with Crippen LogP contribution >= 0.6 is 0 Å². The summed E-state index contributed by atoms with van der Waals surface area (Å²) in [6.07, 6.45) is 7.38. The molecule has 1 aliphatic carbocycles. The van der Waals surface area contributed by atoms with Crippen molar-refractivity contribution < 1.29 is 19.4 Å². The van der Waals surface area contributed by atoms with Crippen molar-refractivity contribution in [3.8, 4) is 0 Å². The van der Waals surface area contributed by atoms with E-state index < -0.39 is 11.3 Å². The van der Waals surface area contributed by atoms with Crippen LogP contribution < -0.4 is 0 Å². The van der Waals surface area contributed by atoms with E-state index in [0.717, 1.165) is 6.42 Å². The summed E-state index contributed by atoms with van der Waals surface area (Å²) in [5.74, 6) is 0.632. The van der Waals surface area contributed by atoms with E-state index >= 15 is 0 Å². The molecule has 2 atom stereocenters. The van der Waals surface area contributed by atoms with Gasteiger partial charge in [0.05, 0.1) is 12.1 Å². The Morgan fingerprint density at radius 2 is 1.88 bits per heavy atom. The smallest absolute Gasteiger partial charge is 0.412 e. The van der Waals surface area contributed by atoms with Crippen LogP contribution in [0.2, 0.25) is 0 Å². The van der Waals surface area contributed by atoms with Crippen LogP contribution in [-0.4, -0.2) is 46.2 Å². The Balaban J connectivity index is 2.18. The number of hydrogen-bond donors (Lipinski definition) is 1. The molecule has 0 spiro atoms. The fourth-order valence-corrected chi connectivity index (χ4v) is 4.14. The summed E-state index contributed by atoms with van der Waals surface area (Å²) in [7, 11) is 0. The molecular formula is C19H35NO4. The third-order valence-corrected chi connectivity index (χ3v) is 5.08. The number of carbonyl (C=O) groups is 1. The lowest BCUT2D eigenvalue weighted by atomic mass is 9.83. The second-order valence-corrected chi connectivity index (χ2v) is 8.77. The van der Waals surface area contributed by atoms with Crippen molar-refractivity contribution in [2.24, 2.45) is 5.92 Å². The van der Waals surface area contributed by atoms with Crippen molar-refractivity contribution in [3.63, 3.8) is 0 Å².